The van der Waals surface area contributed by atoms with Crippen LogP contribution in [-0.2, 0) is 21.7 Å². The molecule has 5 heterocycles. The second-order valence-corrected chi connectivity index (χ2v) is 13.5. The van der Waals surface area contributed by atoms with Crippen LogP contribution >= 0.6 is 0 Å². The number of allylic oxidation sites excluding steroid dienone is 4. The van der Waals surface area contributed by atoms with Crippen LogP contribution in [0.15, 0.2) is 56.8 Å². The van der Waals surface area contributed by atoms with Crippen molar-refractivity contribution >= 4 is 11.4 Å². The van der Waals surface area contributed by atoms with Gasteiger partial charge < -0.3 is 9.97 Å². The summed E-state index contributed by atoms with van der Waals surface area (Å²) < 4.78 is 0. The van der Waals surface area contributed by atoms with Gasteiger partial charge in [0.1, 0.15) is 0 Å². The fourth-order valence-corrected chi connectivity index (χ4v) is 9.28. The molecular formula is C38H56N4. The molecule has 0 radical (unpaired) electrons. The Morgan fingerprint density at radius 2 is 0.738 bits per heavy atom. The maximum Gasteiger partial charge on any atom is 0.0520 e. The average molecular weight is 569 g/mol. The number of H-pyrrole nitrogens is 2. The Kier molecular flexibility index (Phi) is 8.18. The Morgan fingerprint density at radius 1 is 0.476 bits per heavy atom. The van der Waals surface area contributed by atoms with Gasteiger partial charge in [0.05, 0.1) is 22.2 Å². The summed E-state index contributed by atoms with van der Waals surface area (Å²) in [5.41, 5.74) is 13.0. The second-order valence-electron chi connectivity index (χ2n) is 13.5. The maximum atomic E-state index is 5.69. The predicted molar refractivity (Wildman–Crippen MR) is 180 cm³/mol. The van der Waals surface area contributed by atoms with Gasteiger partial charge in [0.25, 0.3) is 0 Å². The molecule has 0 saturated heterocycles. The number of nitrogens with zero attached hydrogens (tertiary/aromatic N) is 2. The highest BCUT2D eigenvalue weighted by atomic mass is 14.9. The summed E-state index contributed by atoms with van der Waals surface area (Å²) in [4.78, 5) is 19.5. The van der Waals surface area contributed by atoms with Crippen LogP contribution in [0.2, 0.25) is 0 Å². The largest absolute Gasteiger partial charge is 0.361 e. The first kappa shape index (κ1) is 30.8. The van der Waals surface area contributed by atoms with Gasteiger partial charge in [-0.05, 0) is 101 Å². The first-order valence-corrected chi connectivity index (χ1v) is 17.1. The van der Waals surface area contributed by atoms with Crippen molar-refractivity contribution in [3.8, 4) is 0 Å². The topological polar surface area (TPSA) is 56.3 Å². The molecule has 0 aromatic carbocycles. The quantitative estimate of drug-likeness (QED) is 0.318. The Labute approximate surface area is 255 Å². The SMILES string of the molecule is CCC1(CC)C2=NC(=C(C)C2)C(CC)(CC)c2ccc([nH]2)C(CC)(CC)C2=NC(=C(C)C2)C(CC)(CC)c2ccc1[nH]2. The van der Waals surface area contributed by atoms with Crippen molar-refractivity contribution in [1.29, 1.82) is 0 Å². The lowest BCUT2D eigenvalue weighted by molar-refractivity contribution is 0.438. The van der Waals surface area contributed by atoms with Crippen LogP contribution < -0.4 is 0 Å². The number of aromatic nitrogens is 2. The zero-order valence-corrected chi connectivity index (χ0v) is 28.3. The zero-order valence-electron chi connectivity index (χ0n) is 28.3. The van der Waals surface area contributed by atoms with Gasteiger partial charge >= 0.3 is 0 Å². The van der Waals surface area contributed by atoms with Gasteiger partial charge in [0, 0.05) is 57.9 Å². The van der Waals surface area contributed by atoms with Crippen LogP contribution in [0.5, 0.6) is 0 Å². The Bertz CT molecular complexity index is 1320. The van der Waals surface area contributed by atoms with E-state index in [1.54, 1.807) is 0 Å². The van der Waals surface area contributed by atoms with Crippen molar-refractivity contribution in [3.63, 3.8) is 0 Å². The van der Waals surface area contributed by atoms with E-state index < -0.39 is 0 Å². The molecule has 42 heavy (non-hydrogen) atoms. The highest BCUT2D eigenvalue weighted by Gasteiger charge is 2.47. The summed E-state index contributed by atoms with van der Waals surface area (Å²) >= 11 is 0. The Morgan fingerprint density at radius 3 is 1.00 bits per heavy atom. The minimum atomic E-state index is -0.126. The van der Waals surface area contributed by atoms with Crippen molar-refractivity contribution in [2.45, 2.75) is 155 Å². The number of aromatic amines is 2. The Hall–Kier alpha value is -2.62. The summed E-state index contributed by atoms with van der Waals surface area (Å²) in [6, 6.07) is 9.55. The van der Waals surface area contributed by atoms with E-state index in [0.29, 0.717) is 0 Å². The molecule has 0 aliphatic carbocycles. The van der Waals surface area contributed by atoms with Crippen LogP contribution in [0.4, 0.5) is 0 Å². The summed E-state index contributed by atoms with van der Waals surface area (Å²) in [6.45, 7) is 23.5. The molecule has 228 valence electrons. The highest BCUT2D eigenvalue weighted by Crippen LogP contribution is 2.51. The molecular weight excluding hydrogens is 512 g/mol. The second kappa shape index (κ2) is 11.1. The number of rotatable bonds is 8. The normalized spacial score (nSPS) is 22.0. The van der Waals surface area contributed by atoms with Crippen molar-refractivity contribution in [1.82, 2.24) is 9.97 Å². The molecule has 0 fully saturated rings. The van der Waals surface area contributed by atoms with Crippen LogP contribution in [0.1, 0.15) is 156 Å². The third-order valence-corrected chi connectivity index (χ3v) is 12.4. The van der Waals surface area contributed by atoms with E-state index in [-0.39, 0.29) is 21.7 Å². The van der Waals surface area contributed by atoms with E-state index in [9.17, 15) is 0 Å². The number of aliphatic imine (C=N–C) groups is 2. The van der Waals surface area contributed by atoms with Gasteiger partial charge in [-0.2, -0.15) is 0 Å². The van der Waals surface area contributed by atoms with Crippen molar-refractivity contribution in [3.05, 3.63) is 69.6 Å². The molecule has 5 rings (SSSR count). The number of fused-ring (bicyclic) bond motifs is 6. The standard InChI is InChI=1S/C38H56N4/c1-11-35(12-2)27-19-21-29(39-27)37(15-5,16-6)34-26(10)24-32(42-34)36(13-3,14-4)28-20-22-30(40-28)38(17-7,18-8)33-25(9)23-31(35)41-33/h19-22,39-40H,11-18,23-24H2,1-10H3. The van der Waals surface area contributed by atoms with Crippen molar-refractivity contribution in [2.75, 3.05) is 0 Å². The average Bonchev–Trinajstić information content (AvgIpc) is 3.83. The van der Waals surface area contributed by atoms with E-state index in [1.165, 1.54) is 56.7 Å². The summed E-state index contributed by atoms with van der Waals surface area (Å²) in [5.74, 6) is 0. The number of hydrogen-bond donors (Lipinski definition) is 2. The summed E-state index contributed by atoms with van der Waals surface area (Å²) in [7, 11) is 0. The fourth-order valence-electron chi connectivity index (χ4n) is 9.28. The molecule has 4 nitrogen and oxygen atoms in total. The molecule has 3 aliphatic rings. The van der Waals surface area contributed by atoms with Crippen LogP contribution in [0, 0.1) is 0 Å². The number of hydrogen-bond acceptors (Lipinski definition) is 2. The van der Waals surface area contributed by atoms with Gasteiger partial charge in [-0.15, -0.1) is 0 Å². The summed E-state index contributed by atoms with van der Waals surface area (Å²) in [6.07, 6.45) is 10.1. The molecule has 2 aromatic rings. The van der Waals surface area contributed by atoms with Crippen LogP contribution in [0.3, 0.4) is 0 Å². The monoisotopic (exact) mass is 568 g/mol. The smallest absolute Gasteiger partial charge is 0.0520 e. The molecule has 0 unspecified atom stereocenters. The van der Waals surface area contributed by atoms with Gasteiger partial charge in [-0.3, -0.25) is 9.98 Å². The lowest BCUT2D eigenvalue weighted by Crippen LogP contribution is -2.36. The molecule has 0 amide bonds. The zero-order chi connectivity index (χ0) is 30.5. The van der Waals surface area contributed by atoms with Gasteiger partial charge in [-0.1, -0.05) is 55.4 Å². The van der Waals surface area contributed by atoms with Crippen LogP contribution in [0.25, 0.3) is 0 Å². The van der Waals surface area contributed by atoms with Gasteiger partial charge in [0.15, 0.2) is 0 Å². The molecule has 0 saturated carbocycles. The Balaban J connectivity index is 1.86. The van der Waals surface area contributed by atoms with Crippen molar-refractivity contribution in [2.24, 2.45) is 9.98 Å². The lowest BCUT2D eigenvalue weighted by atomic mass is 9.73. The third-order valence-electron chi connectivity index (χ3n) is 12.4. The summed E-state index contributed by atoms with van der Waals surface area (Å²) in [5, 5.41) is 0. The van der Waals surface area contributed by atoms with Crippen molar-refractivity contribution < 1.29 is 0 Å². The fraction of sp³-hybridized carbons (Fsp3) is 0.632. The highest BCUT2D eigenvalue weighted by molar-refractivity contribution is 6.00. The first-order valence-electron chi connectivity index (χ1n) is 17.1. The number of nitrogens with one attached hydrogen (secondary N) is 2. The molecule has 2 aromatic heterocycles. The molecule has 3 aliphatic heterocycles. The van der Waals surface area contributed by atoms with Gasteiger partial charge in [0.2, 0.25) is 0 Å². The maximum absolute atomic E-state index is 5.69. The van der Waals surface area contributed by atoms with E-state index in [1.807, 2.05) is 0 Å². The van der Waals surface area contributed by atoms with E-state index in [0.717, 1.165) is 64.2 Å². The predicted octanol–water partition coefficient (Wildman–Crippen LogP) is 10.5. The molecule has 2 N–H and O–H groups in total. The third kappa shape index (κ3) is 3.99. The molecule has 4 heteroatoms. The minimum absolute atomic E-state index is 0.104. The molecule has 0 spiro atoms. The van der Waals surface area contributed by atoms with E-state index in [2.05, 4.69) is 103 Å². The lowest BCUT2D eigenvalue weighted by Gasteiger charge is -2.36. The van der Waals surface area contributed by atoms with E-state index in [4.69, 9.17) is 9.98 Å². The molecule has 8 bridgehead atoms. The van der Waals surface area contributed by atoms with Gasteiger partial charge in [-0.25, -0.2) is 0 Å². The van der Waals surface area contributed by atoms with Crippen LogP contribution in [-0.4, -0.2) is 21.4 Å². The van der Waals surface area contributed by atoms with E-state index >= 15 is 0 Å². The molecule has 0 atom stereocenters. The minimum Gasteiger partial charge on any atom is -0.361 e. The first-order chi connectivity index (χ1) is 20.1.